The molecular weight excluding hydrogens is 576 g/mol. The van der Waals surface area contributed by atoms with Crippen LogP contribution in [0.2, 0.25) is 5.02 Å². The number of carbonyl (C=O) groups excluding carboxylic acids is 1. The summed E-state index contributed by atoms with van der Waals surface area (Å²) in [5.41, 5.74) is 2.92. The molecular formula is C27H27ClN4O4S3. The Morgan fingerprint density at radius 2 is 1.87 bits per heavy atom. The van der Waals surface area contributed by atoms with Gasteiger partial charge in [-0.05, 0) is 68.5 Å². The monoisotopic (exact) mass is 602 g/mol. The molecule has 2 aromatic carbocycles. The van der Waals surface area contributed by atoms with E-state index in [-0.39, 0.29) is 26.9 Å². The summed E-state index contributed by atoms with van der Waals surface area (Å²) in [4.78, 5) is 33.6. The average molecular weight is 603 g/mol. The van der Waals surface area contributed by atoms with Crippen molar-refractivity contribution < 1.29 is 13.2 Å². The molecule has 1 N–H and O–H groups in total. The molecule has 0 aliphatic heterocycles. The molecule has 0 bridgehead atoms. The van der Waals surface area contributed by atoms with Crippen LogP contribution in [0.4, 0.5) is 5.69 Å². The van der Waals surface area contributed by atoms with Crippen LogP contribution in [-0.2, 0) is 27.7 Å². The maximum Gasteiger partial charge on any atom is 0.267 e. The number of thiophene rings is 1. The zero-order valence-electron chi connectivity index (χ0n) is 21.7. The Morgan fingerprint density at radius 3 is 2.59 bits per heavy atom. The van der Waals surface area contributed by atoms with Crippen LogP contribution in [0.1, 0.15) is 28.8 Å². The van der Waals surface area contributed by atoms with E-state index in [2.05, 4.69) is 5.32 Å². The summed E-state index contributed by atoms with van der Waals surface area (Å²) in [6, 6.07) is 11.8. The largest absolute Gasteiger partial charge is 0.324 e. The number of nitrogens with one attached hydrogen (secondary N) is 1. The van der Waals surface area contributed by atoms with Gasteiger partial charge in [0.05, 0.1) is 32.4 Å². The van der Waals surface area contributed by atoms with Crippen LogP contribution in [0.15, 0.2) is 57.3 Å². The molecule has 0 radical (unpaired) electrons. The Hall–Kier alpha value is -2.70. The third kappa shape index (κ3) is 5.51. The summed E-state index contributed by atoms with van der Waals surface area (Å²) in [6.45, 7) is 1.98. The van der Waals surface area contributed by atoms with Gasteiger partial charge >= 0.3 is 0 Å². The molecule has 0 fully saturated rings. The first kappa shape index (κ1) is 27.9. The summed E-state index contributed by atoms with van der Waals surface area (Å²) in [6.07, 6.45) is 3.99. The Bertz CT molecular complexity index is 1750. The zero-order valence-corrected chi connectivity index (χ0v) is 24.9. The van der Waals surface area contributed by atoms with Crippen LogP contribution in [0.25, 0.3) is 15.9 Å². The van der Waals surface area contributed by atoms with E-state index >= 15 is 0 Å². The molecule has 0 atom stereocenters. The van der Waals surface area contributed by atoms with Crippen molar-refractivity contribution in [3.63, 3.8) is 0 Å². The Labute approximate surface area is 240 Å². The number of nitrogens with zero attached hydrogens (tertiary/aromatic N) is 3. The second-order valence-corrected chi connectivity index (χ2v) is 14.1. The molecule has 39 heavy (non-hydrogen) atoms. The number of hydrogen-bond donors (Lipinski definition) is 1. The van der Waals surface area contributed by atoms with Crippen LogP contribution in [0.5, 0.6) is 0 Å². The van der Waals surface area contributed by atoms with Gasteiger partial charge in [-0.25, -0.2) is 17.7 Å². The number of aryl methyl sites for hydroxylation is 3. The van der Waals surface area contributed by atoms with Crippen molar-refractivity contribution in [3.8, 4) is 5.69 Å². The standard InChI is InChI=1S/C27H27ClN4O4S3/c1-16-8-10-17(11-9-16)32-26(34)24-19-6-4-5-7-22(19)38-25(24)30-27(32)37-15-23(33)29-21-14-18(12-13-20(21)28)39(35,36)31(2)3/h8-14H,4-7,15H2,1-3H3,(H,29,33). The van der Waals surface area contributed by atoms with Gasteiger partial charge in [0.25, 0.3) is 5.56 Å². The second kappa shape index (κ2) is 11.1. The molecule has 0 unspecified atom stereocenters. The maximum absolute atomic E-state index is 13.9. The van der Waals surface area contributed by atoms with E-state index < -0.39 is 15.9 Å². The predicted molar refractivity (Wildman–Crippen MR) is 158 cm³/mol. The molecule has 5 rings (SSSR count). The minimum atomic E-state index is -3.70. The average Bonchev–Trinajstić information content (AvgIpc) is 3.28. The summed E-state index contributed by atoms with van der Waals surface area (Å²) in [5, 5.41) is 4.01. The number of sulfonamides is 1. The fourth-order valence-electron chi connectivity index (χ4n) is 4.49. The van der Waals surface area contributed by atoms with Gasteiger partial charge in [-0.2, -0.15) is 0 Å². The van der Waals surface area contributed by atoms with Gasteiger partial charge in [-0.3, -0.25) is 14.2 Å². The summed E-state index contributed by atoms with van der Waals surface area (Å²) < 4.78 is 27.7. The molecule has 1 aliphatic carbocycles. The van der Waals surface area contributed by atoms with E-state index in [1.54, 1.807) is 15.9 Å². The highest BCUT2D eigenvalue weighted by atomic mass is 35.5. The van der Waals surface area contributed by atoms with Crippen molar-refractivity contribution in [2.24, 2.45) is 0 Å². The lowest BCUT2D eigenvalue weighted by Gasteiger charge is -2.15. The minimum absolute atomic E-state index is 0.0156. The van der Waals surface area contributed by atoms with Crippen molar-refractivity contribution in [1.29, 1.82) is 0 Å². The molecule has 204 valence electrons. The van der Waals surface area contributed by atoms with E-state index in [1.807, 2.05) is 31.2 Å². The van der Waals surface area contributed by atoms with E-state index in [1.165, 1.54) is 37.2 Å². The van der Waals surface area contributed by atoms with Gasteiger partial charge < -0.3 is 5.32 Å². The maximum atomic E-state index is 13.9. The number of aromatic nitrogens is 2. The van der Waals surface area contributed by atoms with E-state index in [4.69, 9.17) is 16.6 Å². The quantitative estimate of drug-likeness (QED) is 0.228. The lowest BCUT2D eigenvalue weighted by molar-refractivity contribution is -0.113. The van der Waals surface area contributed by atoms with E-state index in [9.17, 15) is 18.0 Å². The van der Waals surface area contributed by atoms with E-state index in [0.29, 0.717) is 21.1 Å². The molecule has 1 aliphatic rings. The summed E-state index contributed by atoms with van der Waals surface area (Å²) in [5.74, 6) is -0.466. The number of carbonyl (C=O) groups is 1. The molecule has 2 aromatic heterocycles. The molecule has 12 heteroatoms. The third-order valence-corrected chi connectivity index (χ3v) is 10.8. The predicted octanol–water partition coefficient (Wildman–Crippen LogP) is 5.27. The number of amides is 1. The molecule has 0 saturated carbocycles. The fourth-order valence-corrected chi connectivity index (χ4v) is 7.70. The van der Waals surface area contributed by atoms with Gasteiger partial charge in [0.1, 0.15) is 4.83 Å². The first-order valence-corrected chi connectivity index (χ1v) is 16.0. The number of hydrogen-bond acceptors (Lipinski definition) is 7. The Morgan fingerprint density at radius 1 is 1.15 bits per heavy atom. The number of thioether (sulfide) groups is 1. The van der Waals surface area contributed by atoms with Crippen LogP contribution in [0.3, 0.4) is 0 Å². The summed E-state index contributed by atoms with van der Waals surface area (Å²) >= 11 is 8.96. The molecule has 4 aromatic rings. The van der Waals surface area contributed by atoms with Gasteiger partial charge in [0.2, 0.25) is 15.9 Å². The van der Waals surface area contributed by atoms with Gasteiger partial charge in [-0.1, -0.05) is 41.1 Å². The van der Waals surface area contributed by atoms with Crippen molar-refractivity contribution >= 4 is 66.5 Å². The topological polar surface area (TPSA) is 101 Å². The Kier molecular flexibility index (Phi) is 7.89. The lowest BCUT2D eigenvalue weighted by atomic mass is 9.97. The number of fused-ring (bicyclic) bond motifs is 3. The highest BCUT2D eigenvalue weighted by Gasteiger charge is 2.24. The van der Waals surface area contributed by atoms with Crippen molar-refractivity contribution in [2.75, 3.05) is 25.2 Å². The minimum Gasteiger partial charge on any atom is -0.324 e. The highest BCUT2D eigenvalue weighted by molar-refractivity contribution is 7.99. The van der Waals surface area contributed by atoms with Crippen LogP contribution < -0.4 is 10.9 Å². The summed E-state index contributed by atoms with van der Waals surface area (Å²) in [7, 11) is -0.841. The van der Waals surface area contributed by atoms with E-state index in [0.717, 1.165) is 52.9 Å². The fraction of sp³-hybridized carbons (Fsp3) is 0.296. The Balaban J connectivity index is 1.47. The second-order valence-electron chi connectivity index (χ2n) is 9.53. The van der Waals surface area contributed by atoms with Crippen LogP contribution in [0, 0.1) is 6.92 Å². The molecule has 8 nitrogen and oxygen atoms in total. The smallest absolute Gasteiger partial charge is 0.267 e. The zero-order chi connectivity index (χ0) is 27.9. The van der Waals surface area contributed by atoms with Crippen molar-refractivity contribution in [2.45, 2.75) is 42.7 Å². The van der Waals surface area contributed by atoms with Crippen LogP contribution >= 0.6 is 34.7 Å². The number of halogens is 1. The normalized spacial score (nSPS) is 13.6. The van der Waals surface area contributed by atoms with Gasteiger partial charge in [0, 0.05) is 19.0 Å². The SMILES string of the molecule is Cc1ccc(-n2c(SCC(=O)Nc3cc(S(=O)(=O)N(C)C)ccc3Cl)nc3sc4c(c3c2=O)CCCC4)cc1. The van der Waals surface area contributed by atoms with Crippen LogP contribution in [-0.4, -0.2) is 48.0 Å². The first-order chi connectivity index (χ1) is 18.6. The number of anilines is 1. The molecule has 0 saturated heterocycles. The molecule has 0 spiro atoms. The van der Waals surface area contributed by atoms with Gasteiger partial charge in [0.15, 0.2) is 5.16 Å². The van der Waals surface area contributed by atoms with Crippen molar-refractivity contribution in [1.82, 2.24) is 13.9 Å². The lowest BCUT2D eigenvalue weighted by Crippen LogP contribution is -2.23. The number of benzene rings is 2. The number of rotatable bonds is 7. The molecule has 1 amide bonds. The first-order valence-electron chi connectivity index (χ1n) is 12.4. The highest BCUT2D eigenvalue weighted by Crippen LogP contribution is 2.35. The van der Waals surface area contributed by atoms with Gasteiger partial charge in [-0.15, -0.1) is 11.3 Å². The molecule has 2 heterocycles. The third-order valence-electron chi connectivity index (χ3n) is 6.57. The van der Waals surface area contributed by atoms with Crippen molar-refractivity contribution in [3.05, 3.63) is 73.8 Å².